The number of hydrogen-bond donors (Lipinski definition) is 1. The Kier molecular flexibility index (Phi) is 3.89. The number of nitrogens with one attached hydrogen (secondary N) is 1. The normalized spacial score (nSPS) is 17.4. The first kappa shape index (κ1) is 8.98. The summed E-state index contributed by atoms with van der Waals surface area (Å²) < 4.78 is 0.987. The molecule has 0 saturated carbocycles. The van der Waals surface area contributed by atoms with E-state index in [0.29, 0.717) is 0 Å². The Labute approximate surface area is 68.2 Å². The molecule has 0 aliphatic carbocycles. The third-order valence-electron chi connectivity index (χ3n) is 0.951. The van der Waals surface area contributed by atoms with Gasteiger partial charge in [-0.15, -0.1) is 12.4 Å². The van der Waals surface area contributed by atoms with Gasteiger partial charge in [0.05, 0.1) is 0 Å². The molecule has 1 aliphatic heterocycles. The van der Waals surface area contributed by atoms with Gasteiger partial charge in [-0.2, -0.15) is 0 Å². The van der Waals surface area contributed by atoms with E-state index >= 15 is 0 Å². The van der Waals surface area contributed by atoms with E-state index < -0.39 is 0 Å². The lowest BCUT2D eigenvalue weighted by Crippen LogP contribution is -2.25. The predicted octanol–water partition coefficient (Wildman–Crippen LogP) is 1.21. The van der Waals surface area contributed by atoms with Crippen LogP contribution in [0.25, 0.3) is 0 Å². The minimum Gasteiger partial charge on any atom is -0.352 e. The molecule has 0 atom stereocenters. The lowest BCUT2D eigenvalue weighted by molar-refractivity contribution is -0.116. The van der Waals surface area contributed by atoms with Crippen LogP contribution in [0, 0.1) is 0 Å². The van der Waals surface area contributed by atoms with Gasteiger partial charge in [0.25, 0.3) is 0 Å². The molecule has 1 rings (SSSR count). The van der Waals surface area contributed by atoms with Gasteiger partial charge in [0.15, 0.2) is 0 Å². The highest BCUT2D eigenvalue weighted by Gasteiger charge is 2.03. The molecule has 2 nitrogen and oxygen atoms in total. The Morgan fingerprint density at radius 1 is 1.67 bits per heavy atom. The van der Waals surface area contributed by atoms with E-state index in [-0.39, 0.29) is 18.3 Å². The summed E-state index contributed by atoms with van der Waals surface area (Å²) in [6, 6.07) is 0. The number of carbonyl (C=O) groups is 1. The van der Waals surface area contributed by atoms with Crippen molar-refractivity contribution in [2.75, 3.05) is 6.54 Å². The van der Waals surface area contributed by atoms with Gasteiger partial charge < -0.3 is 5.32 Å². The van der Waals surface area contributed by atoms with Crippen molar-refractivity contribution >= 4 is 34.2 Å². The number of carbonyl (C=O) groups excluding carboxylic acids is 1. The molecule has 0 bridgehead atoms. The van der Waals surface area contributed by atoms with Gasteiger partial charge >= 0.3 is 0 Å². The van der Waals surface area contributed by atoms with Crippen molar-refractivity contribution in [3.05, 3.63) is 10.6 Å². The van der Waals surface area contributed by atoms with Gasteiger partial charge in [-0.1, -0.05) is 15.9 Å². The molecule has 0 saturated heterocycles. The molecule has 0 radical (unpaired) electrons. The summed E-state index contributed by atoms with van der Waals surface area (Å²) in [6.45, 7) is 0.760. The fourth-order valence-corrected chi connectivity index (χ4v) is 0.977. The van der Waals surface area contributed by atoms with E-state index in [9.17, 15) is 4.79 Å². The zero-order valence-electron chi connectivity index (χ0n) is 4.69. The molecule has 1 aliphatic rings. The van der Waals surface area contributed by atoms with Crippen molar-refractivity contribution < 1.29 is 4.79 Å². The third-order valence-corrected chi connectivity index (χ3v) is 1.58. The van der Waals surface area contributed by atoms with E-state index in [2.05, 4.69) is 21.2 Å². The maximum atomic E-state index is 10.5. The fourth-order valence-electron chi connectivity index (χ4n) is 0.571. The molecule has 1 amide bonds. The van der Waals surface area contributed by atoms with Crippen LogP contribution in [0.3, 0.4) is 0 Å². The van der Waals surface area contributed by atoms with Crippen LogP contribution in [0.15, 0.2) is 10.6 Å². The molecule has 52 valence electrons. The average Bonchev–Trinajstić information content (AvgIpc) is 1.64. The SMILES string of the molecule is Cl.O=C1C=C(Br)CCN1. The van der Waals surface area contributed by atoms with Crippen LogP contribution in [-0.2, 0) is 4.79 Å². The zero-order chi connectivity index (χ0) is 5.98. The number of rotatable bonds is 0. The van der Waals surface area contributed by atoms with Crippen LogP contribution in [0.4, 0.5) is 0 Å². The molecular formula is C5H7BrClNO. The van der Waals surface area contributed by atoms with E-state index in [1.54, 1.807) is 6.08 Å². The van der Waals surface area contributed by atoms with Crippen molar-refractivity contribution in [3.8, 4) is 0 Å². The summed E-state index contributed by atoms with van der Waals surface area (Å²) in [4.78, 5) is 10.5. The van der Waals surface area contributed by atoms with Crippen LogP contribution in [0.1, 0.15) is 6.42 Å². The van der Waals surface area contributed by atoms with Crippen LogP contribution in [0.5, 0.6) is 0 Å². The summed E-state index contributed by atoms with van der Waals surface area (Å²) in [5.74, 6) is 0.00289. The first-order valence-corrected chi connectivity index (χ1v) is 3.22. The number of halogens is 2. The van der Waals surface area contributed by atoms with E-state index in [1.165, 1.54) is 0 Å². The van der Waals surface area contributed by atoms with Crippen molar-refractivity contribution in [3.63, 3.8) is 0 Å². The van der Waals surface area contributed by atoms with Crippen molar-refractivity contribution in [2.24, 2.45) is 0 Å². The first-order valence-electron chi connectivity index (χ1n) is 2.43. The fraction of sp³-hybridized carbons (Fsp3) is 0.400. The largest absolute Gasteiger partial charge is 0.352 e. The highest BCUT2D eigenvalue weighted by atomic mass is 79.9. The van der Waals surface area contributed by atoms with Crippen LogP contribution in [-0.4, -0.2) is 12.5 Å². The summed E-state index contributed by atoms with van der Waals surface area (Å²) in [7, 11) is 0. The van der Waals surface area contributed by atoms with Gasteiger partial charge in [0.2, 0.25) is 5.91 Å². The van der Waals surface area contributed by atoms with E-state index in [0.717, 1.165) is 17.4 Å². The Morgan fingerprint density at radius 3 is 2.67 bits per heavy atom. The zero-order valence-corrected chi connectivity index (χ0v) is 7.09. The molecule has 0 spiro atoms. The number of amides is 1. The predicted molar refractivity (Wildman–Crippen MR) is 41.9 cm³/mol. The highest BCUT2D eigenvalue weighted by Crippen LogP contribution is 2.10. The molecule has 1 N–H and O–H groups in total. The third kappa shape index (κ3) is 2.87. The molecule has 4 heteroatoms. The second-order valence-corrected chi connectivity index (χ2v) is 2.65. The standard InChI is InChI=1S/C5H6BrNO.ClH/c6-4-1-2-7-5(8)3-4;/h3H,1-2H2,(H,7,8);1H. The quantitative estimate of drug-likeness (QED) is 0.642. The molecule has 0 unspecified atom stereocenters. The molecule has 0 aromatic heterocycles. The minimum atomic E-state index is 0. The van der Waals surface area contributed by atoms with Gasteiger partial charge in [0, 0.05) is 17.1 Å². The highest BCUT2D eigenvalue weighted by molar-refractivity contribution is 9.11. The van der Waals surface area contributed by atoms with Gasteiger partial charge in [-0.25, -0.2) is 0 Å². The molecule has 0 aromatic carbocycles. The second-order valence-electron chi connectivity index (χ2n) is 1.63. The molecule has 0 fully saturated rings. The Hall–Kier alpha value is -0.0200. The Bertz CT molecular complexity index is 146. The van der Waals surface area contributed by atoms with E-state index in [4.69, 9.17) is 0 Å². The molecular weight excluding hydrogens is 205 g/mol. The summed E-state index contributed by atoms with van der Waals surface area (Å²) >= 11 is 3.23. The lowest BCUT2D eigenvalue weighted by Gasteiger charge is -2.06. The van der Waals surface area contributed by atoms with Crippen LogP contribution < -0.4 is 5.32 Å². The molecule has 0 aromatic rings. The second kappa shape index (κ2) is 3.90. The van der Waals surface area contributed by atoms with Gasteiger partial charge in [-0.05, 0) is 6.42 Å². The molecule has 1 heterocycles. The minimum absolute atomic E-state index is 0. The van der Waals surface area contributed by atoms with Crippen LogP contribution >= 0.6 is 28.3 Å². The summed E-state index contributed by atoms with van der Waals surface area (Å²) in [5, 5.41) is 2.67. The lowest BCUT2D eigenvalue weighted by atomic mass is 10.3. The topological polar surface area (TPSA) is 29.1 Å². The van der Waals surface area contributed by atoms with Gasteiger partial charge in [-0.3, -0.25) is 4.79 Å². The van der Waals surface area contributed by atoms with Crippen molar-refractivity contribution in [2.45, 2.75) is 6.42 Å². The first-order chi connectivity index (χ1) is 3.79. The Balaban J connectivity index is 0.000000640. The molecule has 9 heavy (non-hydrogen) atoms. The van der Waals surface area contributed by atoms with Crippen molar-refractivity contribution in [1.82, 2.24) is 5.32 Å². The van der Waals surface area contributed by atoms with Gasteiger partial charge in [0.1, 0.15) is 0 Å². The maximum Gasteiger partial charge on any atom is 0.244 e. The van der Waals surface area contributed by atoms with Crippen molar-refractivity contribution in [1.29, 1.82) is 0 Å². The van der Waals surface area contributed by atoms with Crippen LogP contribution in [0.2, 0.25) is 0 Å². The maximum absolute atomic E-state index is 10.5. The van der Waals surface area contributed by atoms with E-state index in [1.807, 2.05) is 0 Å². The summed E-state index contributed by atoms with van der Waals surface area (Å²) in [5.41, 5.74) is 0. The number of hydrogen-bond acceptors (Lipinski definition) is 1. The average molecular weight is 212 g/mol. The smallest absolute Gasteiger partial charge is 0.244 e. The Morgan fingerprint density at radius 2 is 2.33 bits per heavy atom. The summed E-state index contributed by atoms with van der Waals surface area (Å²) in [6.07, 6.45) is 2.48. The monoisotopic (exact) mass is 211 g/mol.